The molecule has 0 unspecified atom stereocenters. The molecule has 2 aromatic carbocycles. The summed E-state index contributed by atoms with van der Waals surface area (Å²) in [4.78, 5) is 20.1. The van der Waals surface area contributed by atoms with Crippen LogP contribution in [0.1, 0.15) is 27.3 Å². The summed E-state index contributed by atoms with van der Waals surface area (Å²) < 4.78 is 12.9. The van der Waals surface area contributed by atoms with Crippen LogP contribution in [0, 0.1) is 0 Å². The van der Waals surface area contributed by atoms with Crippen LogP contribution in [0.25, 0.3) is 16.9 Å². The van der Waals surface area contributed by atoms with Crippen LogP contribution in [0.3, 0.4) is 0 Å². The average molecular weight is 443 g/mol. The second-order valence-corrected chi connectivity index (χ2v) is 8.08. The van der Waals surface area contributed by atoms with Gasteiger partial charge in [0.25, 0.3) is 5.91 Å². The number of hydrogen-bond donors (Lipinski definition) is 1. The van der Waals surface area contributed by atoms with Crippen LogP contribution < -0.4 is 14.8 Å². The van der Waals surface area contributed by atoms with E-state index < -0.39 is 0 Å². The maximum Gasteiger partial charge on any atom is 0.271 e. The minimum Gasteiger partial charge on any atom is -0.497 e. The molecule has 0 atom stereocenters. The fourth-order valence-corrected chi connectivity index (χ4v) is 4.41. The molecule has 0 spiro atoms. The number of rotatable bonds is 7. The van der Waals surface area contributed by atoms with Gasteiger partial charge in [-0.1, -0.05) is 30.3 Å². The largest absolute Gasteiger partial charge is 0.497 e. The number of imidazole rings is 1. The Hall–Kier alpha value is -3.84. The first-order valence-electron chi connectivity index (χ1n) is 10.9. The highest BCUT2D eigenvalue weighted by Crippen LogP contribution is 2.33. The second-order valence-electron chi connectivity index (χ2n) is 8.08. The molecule has 1 N–H and O–H groups in total. The van der Waals surface area contributed by atoms with Crippen molar-refractivity contribution in [3.05, 3.63) is 83.2 Å². The molecule has 0 radical (unpaired) electrons. The molecule has 0 saturated carbocycles. The van der Waals surface area contributed by atoms with Gasteiger partial charge in [0, 0.05) is 23.7 Å². The van der Waals surface area contributed by atoms with Crippen molar-refractivity contribution in [2.45, 2.75) is 19.6 Å². The number of pyridine rings is 1. The fraction of sp³-hybridized carbons (Fsp3) is 0.231. The number of benzene rings is 2. The lowest BCUT2D eigenvalue weighted by Crippen LogP contribution is -2.36. The van der Waals surface area contributed by atoms with Gasteiger partial charge in [-0.2, -0.15) is 0 Å². The molecule has 7 nitrogen and oxygen atoms in total. The Morgan fingerprint density at radius 3 is 2.58 bits per heavy atom. The van der Waals surface area contributed by atoms with Gasteiger partial charge in [-0.25, -0.2) is 4.98 Å². The van der Waals surface area contributed by atoms with Gasteiger partial charge in [0.05, 0.1) is 38.7 Å². The smallest absolute Gasteiger partial charge is 0.271 e. The van der Waals surface area contributed by atoms with E-state index in [-0.39, 0.29) is 5.91 Å². The van der Waals surface area contributed by atoms with Crippen LogP contribution in [0.2, 0.25) is 0 Å². The molecule has 1 amide bonds. The normalized spacial score (nSPS) is 12.9. The number of nitrogens with zero attached hydrogens (tertiary/aromatic N) is 3. The summed E-state index contributed by atoms with van der Waals surface area (Å²) >= 11 is 0. The SMILES string of the molecule is CNCc1ccc(-c2nc3cccc4n3c2CN(Cc2ccc(OC)cc2OC)C4=O)cc1. The summed E-state index contributed by atoms with van der Waals surface area (Å²) in [6, 6.07) is 19.8. The third-order valence-electron chi connectivity index (χ3n) is 6.05. The highest BCUT2D eigenvalue weighted by Gasteiger charge is 2.30. The zero-order valence-electron chi connectivity index (χ0n) is 19.0. The number of hydrogen-bond acceptors (Lipinski definition) is 5. The first-order chi connectivity index (χ1) is 16.1. The topological polar surface area (TPSA) is 68.1 Å². The maximum atomic E-state index is 13.4. The predicted octanol–water partition coefficient (Wildman–Crippen LogP) is 3.89. The molecule has 5 rings (SSSR count). The zero-order valence-corrected chi connectivity index (χ0v) is 19.0. The van der Waals surface area contributed by atoms with Crippen LogP contribution in [-0.4, -0.2) is 41.5 Å². The summed E-state index contributed by atoms with van der Waals surface area (Å²) in [5, 5.41) is 3.17. The molecule has 0 bridgehead atoms. The molecule has 33 heavy (non-hydrogen) atoms. The van der Waals surface area contributed by atoms with Crippen molar-refractivity contribution in [3.63, 3.8) is 0 Å². The van der Waals surface area contributed by atoms with Gasteiger partial charge in [-0.15, -0.1) is 0 Å². The Kier molecular flexibility index (Phi) is 5.48. The molecule has 7 heteroatoms. The lowest BCUT2D eigenvalue weighted by molar-refractivity contribution is 0.0699. The van der Waals surface area contributed by atoms with Gasteiger partial charge in [-0.3, -0.25) is 9.20 Å². The molecular formula is C26H26N4O3. The monoisotopic (exact) mass is 442 g/mol. The van der Waals surface area contributed by atoms with E-state index in [1.165, 1.54) is 5.56 Å². The molecule has 0 saturated heterocycles. The summed E-state index contributed by atoms with van der Waals surface area (Å²) in [7, 11) is 5.18. The first kappa shape index (κ1) is 21.0. The van der Waals surface area contributed by atoms with Gasteiger partial charge >= 0.3 is 0 Å². The molecule has 1 aliphatic heterocycles. The fourth-order valence-electron chi connectivity index (χ4n) is 4.41. The number of nitrogens with one attached hydrogen (secondary N) is 1. The van der Waals surface area contributed by atoms with Crippen LogP contribution in [0.5, 0.6) is 11.5 Å². The number of methoxy groups -OCH3 is 2. The Balaban J connectivity index is 1.54. The van der Waals surface area contributed by atoms with Crippen LogP contribution in [0.15, 0.2) is 60.7 Å². The maximum absolute atomic E-state index is 13.4. The predicted molar refractivity (Wildman–Crippen MR) is 127 cm³/mol. The van der Waals surface area contributed by atoms with Crippen molar-refractivity contribution < 1.29 is 14.3 Å². The molecule has 1 aliphatic rings. The molecule has 0 fully saturated rings. The van der Waals surface area contributed by atoms with E-state index in [1.54, 1.807) is 14.2 Å². The van der Waals surface area contributed by atoms with Gasteiger partial charge < -0.3 is 19.7 Å². The Morgan fingerprint density at radius 1 is 1.03 bits per heavy atom. The lowest BCUT2D eigenvalue weighted by atomic mass is 10.1. The van der Waals surface area contributed by atoms with Crippen LogP contribution >= 0.6 is 0 Å². The molecule has 3 heterocycles. The number of amides is 1. The number of carbonyl (C=O) groups excluding carboxylic acids is 1. The van der Waals surface area contributed by atoms with Gasteiger partial charge in [0.1, 0.15) is 22.8 Å². The van der Waals surface area contributed by atoms with Crippen LogP contribution in [-0.2, 0) is 19.6 Å². The van der Waals surface area contributed by atoms with Crippen molar-refractivity contribution in [1.29, 1.82) is 0 Å². The standard InChI is InChI=1S/C26H26N4O3/c1-27-14-17-7-9-18(10-8-17)25-22-16-29(15-19-11-12-20(32-2)13-23(19)33-3)26(31)21-5-4-6-24(28-25)30(21)22/h4-13,27H,14-16H2,1-3H3. The molecule has 168 valence electrons. The van der Waals surface area contributed by atoms with E-state index in [0.717, 1.165) is 34.7 Å². The summed E-state index contributed by atoms with van der Waals surface area (Å²) in [5.74, 6) is 1.38. The van der Waals surface area contributed by atoms with E-state index in [2.05, 4.69) is 29.6 Å². The average Bonchev–Trinajstić information content (AvgIpc) is 3.22. The summed E-state index contributed by atoms with van der Waals surface area (Å²) in [6.45, 7) is 1.70. The van der Waals surface area contributed by atoms with Gasteiger partial charge in [0.2, 0.25) is 0 Å². The van der Waals surface area contributed by atoms with E-state index in [9.17, 15) is 4.79 Å². The van der Waals surface area contributed by atoms with Crippen molar-refractivity contribution >= 4 is 11.6 Å². The van der Waals surface area contributed by atoms with Gasteiger partial charge in [-0.05, 0) is 36.9 Å². The van der Waals surface area contributed by atoms with Crippen LogP contribution in [0.4, 0.5) is 0 Å². The van der Waals surface area contributed by atoms with Crippen molar-refractivity contribution in [2.24, 2.45) is 0 Å². The summed E-state index contributed by atoms with van der Waals surface area (Å²) in [5.41, 5.74) is 6.48. The number of ether oxygens (including phenoxy) is 2. The third kappa shape index (κ3) is 3.70. The highest BCUT2D eigenvalue weighted by molar-refractivity contribution is 5.95. The van der Waals surface area contributed by atoms with Gasteiger partial charge in [0.15, 0.2) is 0 Å². The van der Waals surface area contributed by atoms with Crippen molar-refractivity contribution in [3.8, 4) is 22.8 Å². The molecule has 0 aliphatic carbocycles. The number of aromatic nitrogens is 2. The van der Waals surface area contributed by atoms with Crippen molar-refractivity contribution in [1.82, 2.24) is 19.6 Å². The molecular weight excluding hydrogens is 416 g/mol. The van der Waals surface area contributed by atoms with E-state index in [1.807, 2.05) is 52.7 Å². The molecule has 4 aromatic rings. The second kappa shape index (κ2) is 8.60. The summed E-state index contributed by atoms with van der Waals surface area (Å²) in [6.07, 6.45) is 0. The van der Waals surface area contributed by atoms with Crippen molar-refractivity contribution in [2.75, 3.05) is 21.3 Å². The highest BCUT2D eigenvalue weighted by atomic mass is 16.5. The minimum atomic E-state index is -0.0284. The molecule has 2 aromatic heterocycles. The van der Waals surface area contributed by atoms with E-state index in [0.29, 0.717) is 30.3 Å². The lowest BCUT2D eigenvalue weighted by Gasteiger charge is -2.28. The minimum absolute atomic E-state index is 0.0284. The number of carbonyl (C=O) groups is 1. The van der Waals surface area contributed by atoms with E-state index in [4.69, 9.17) is 14.5 Å². The van der Waals surface area contributed by atoms with E-state index >= 15 is 0 Å². The zero-order chi connectivity index (χ0) is 22.9. The Morgan fingerprint density at radius 2 is 1.85 bits per heavy atom. The third-order valence-corrected chi connectivity index (χ3v) is 6.05. The Bertz CT molecular complexity index is 1330. The first-order valence-corrected chi connectivity index (χ1v) is 10.9. The quantitative estimate of drug-likeness (QED) is 0.470. The Labute approximate surface area is 192 Å².